The van der Waals surface area contributed by atoms with Gasteiger partial charge in [-0.25, -0.2) is 8.78 Å². The van der Waals surface area contributed by atoms with Gasteiger partial charge < -0.3 is 5.32 Å². The van der Waals surface area contributed by atoms with Crippen molar-refractivity contribution in [1.29, 1.82) is 0 Å². The monoisotopic (exact) mass is 269 g/mol. The number of nitrogens with one attached hydrogen (secondary N) is 1. The summed E-state index contributed by atoms with van der Waals surface area (Å²) in [5, 5.41) is 3.21. The number of hydrogen-bond acceptors (Lipinski definition) is 1. The molecule has 1 aromatic carbocycles. The molecule has 1 rings (SSSR count). The minimum absolute atomic E-state index is 0.0133. The fourth-order valence-electron chi connectivity index (χ4n) is 2.68. The third-order valence-corrected chi connectivity index (χ3v) is 3.96. The van der Waals surface area contributed by atoms with Crippen molar-refractivity contribution >= 4 is 0 Å². The van der Waals surface area contributed by atoms with Crippen molar-refractivity contribution in [1.82, 2.24) is 5.32 Å². The highest BCUT2D eigenvalue weighted by atomic mass is 19.2. The maximum Gasteiger partial charge on any atom is 0.162 e. The Morgan fingerprint density at radius 2 is 1.95 bits per heavy atom. The Labute approximate surface area is 115 Å². The minimum atomic E-state index is -0.748. The quantitative estimate of drug-likeness (QED) is 0.741. The molecule has 1 atom stereocenters. The van der Waals surface area contributed by atoms with Gasteiger partial charge in [-0.2, -0.15) is 0 Å². The fraction of sp³-hybridized carbons (Fsp3) is 0.625. The molecule has 0 aromatic heterocycles. The van der Waals surface area contributed by atoms with E-state index in [-0.39, 0.29) is 5.41 Å². The SMILES string of the molecule is CCCCC(CC)(CNC)Cc1cccc(F)c1F. The Morgan fingerprint density at radius 1 is 1.21 bits per heavy atom. The van der Waals surface area contributed by atoms with Gasteiger partial charge in [0.25, 0.3) is 0 Å². The summed E-state index contributed by atoms with van der Waals surface area (Å²) < 4.78 is 27.1. The van der Waals surface area contributed by atoms with Crippen LogP contribution in [0.4, 0.5) is 8.78 Å². The van der Waals surface area contributed by atoms with Crippen molar-refractivity contribution < 1.29 is 8.78 Å². The molecule has 0 aliphatic rings. The first-order valence-electron chi connectivity index (χ1n) is 7.16. The molecule has 3 heteroatoms. The van der Waals surface area contributed by atoms with Gasteiger partial charge in [0.2, 0.25) is 0 Å². The second-order valence-electron chi connectivity index (χ2n) is 5.38. The topological polar surface area (TPSA) is 12.0 Å². The van der Waals surface area contributed by atoms with E-state index >= 15 is 0 Å². The summed E-state index contributed by atoms with van der Waals surface area (Å²) >= 11 is 0. The molecule has 0 aliphatic carbocycles. The Hall–Kier alpha value is -0.960. The van der Waals surface area contributed by atoms with E-state index in [1.165, 1.54) is 6.07 Å². The highest BCUT2D eigenvalue weighted by molar-refractivity contribution is 5.20. The summed E-state index contributed by atoms with van der Waals surface area (Å²) in [7, 11) is 1.91. The molecule has 0 fully saturated rings. The predicted molar refractivity (Wildman–Crippen MR) is 76.2 cm³/mol. The van der Waals surface area contributed by atoms with Crippen molar-refractivity contribution in [3.63, 3.8) is 0 Å². The summed E-state index contributed by atoms with van der Waals surface area (Å²) in [5.41, 5.74) is 0.507. The second kappa shape index (κ2) is 7.59. The third kappa shape index (κ3) is 4.27. The lowest BCUT2D eigenvalue weighted by molar-refractivity contribution is 0.231. The molecule has 0 bridgehead atoms. The van der Waals surface area contributed by atoms with E-state index in [4.69, 9.17) is 0 Å². The van der Waals surface area contributed by atoms with Gasteiger partial charge in [0.1, 0.15) is 0 Å². The van der Waals surface area contributed by atoms with Gasteiger partial charge in [-0.15, -0.1) is 0 Å². The van der Waals surface area contributed by atoms with Crippen LogP contribution in [-0.2, 0) is 6.42 Å². The summed E-state index contributed by atoms with van der Waals surface area (Å²) in [5.74, 6) is -1.43. The lowest BCUT2D eigenvalue weighted by Gasteiger charge is -2.33. The van der Waals surface area contributed by atoms with E-state index in [2.05, 4.69) is 19.2 Å². The summed E-state index contributed by atoms with van der Waals surface area (Å²) in [4.78, 5) is 0. The minimum Gasteiger partial charge on any atom is -0.319 e. The maximum absolute atomic E-state index is 13.8. The smallest absolute Gasteiger partial charge is 0.162 e. The van der Waals surface area contributed by atoms with Gasteiger partial charge in [0.15, 0.2) is 11.6 Å². The zero-order chi connectivity index (χ0) is 14.3. The number of rotatable bonds is 8. The van der Waals surface area contributed by atoms with Crippen LogP contribution in [0.15, 0.2) is 18.2 Å². The maximum atomic E-state index is 13.8. The summed E-state index contributed by atoms with van der Waals surface area (Å²) in [6.07, 6.45) is 4.83. The predicted octanol–water partition coefficient (Wildman–Crippen LogP) is 4.31. The van der Waals surface area contributed by atoms with E-state index in [0.717, 1.165) is 32.2 Å². The highest BCUT2D eigenvalue weighted by Crippen LogP contribution is 2.33. The van der Waals surface area contributed by atoms with Crippen LogP contribution in [0.5, 0.6) is 0 Å². The van der Waals surface area contributed by atoms with Crippen LogP contribution >= 0.6 is 0 Å². The van der Waals surface area contributed by atoms with E-state index in [9.17, 15) is 8.78 Å². The molecule has 1 N–H and O–H groups in total. The van der Waals surface area contributed by atoms with Crippen LogP contribution in [-0.4, -0.2) is 13.6 Å². The van der Waals surface area contributed by atoms with Crippen LogP contribution in [0, 0.1) is 17.0 Å². The Morgan fingerprint density at radius 3 is 2.53 bits per heavy atom. The van der Waals surface area contributed by atoms with Crippen LogP contribution in [0.3, 0.4) is 0 Å². The molecule has 0 amide bonds. The summed E-state index contributed by atoms with van der Waals surface area (Å²) in [6, 6.07) is 4.47. The van der Waals surface area contributed by atoms with E-state index < -0.39 is 11.6 Å². The molecule has 0 heterocycles. The van der Waals surface area contributed by atoms with Crippen LogP contribution in [0.1, 0.15) is 45.1 Å². The Bertz CT molecular complexity index is 392. The number of hydrogen-bond donors (Lipinski definition) is 1. The highest BCUT2D eigenvalue weighted by Gasteiger charge is 2.28. The average Bonchev–Trinajstić information content (AvgIpc) is 2.41. The zero-order valence-corrected chi connectivity index (χ0v) is 12.2. The summed E-state index contributed by atoms with van der Waals surface area (Å²) in [6.45, 7) is 5.12. The number of unbranched alkanes of at least 4 members (excludes halogenated alkanes) is 1. The van der Waals surface area contributed by atoms with Gasteiger partial charge >= 0.3 is 0 Å². The molecule has 108 valence electrons. The molecule has 1 nitrogen and oxygen atoms in total. The Kier molecular flexibility index (Phi) is 6.43. The first-order valence-corrected chi connectivity index (χ1v) is 7.16. The van der Waals surface area contributed by atoms with Crippen molar-refractivity contribution in [2.45, 2.75) is 46.0 Å². The van der Waals surface area contributed by atoms with Gasteiger partial charge in [0.05, 0.1) is 0 Å². The zero-order valence-electron chi connectivity index (χ0n) is 12.2. The molecule has 0 aliphatic heterocycles. The molecule has 19 heavy (non-hydrogen) atoms. The van der Waals surface area contributed by atoms with Crippen molar-refractivity contribution in [2.75, 3.05) is 13.6 Å². The molecule has 1 unspecified atom stereocenters. The largest absolute Gasteiger partial charge is 0.319 e. The third-order valence-electron chi connectivity index (χ3n) is 3.96. The van der Waals surface area contributed by atoms with Crippen LogP contribution in [0.2, 0.25) is 0 Å². The number of benzene rings is 1. The van der Waals surface area contributed by atoms with E-state index in [1.54, 1.807) is 12.1 Å². The van der Waals surface area contributed by atoms with Crippen LogP contribution in [0.25, 0.3) is 0 Å². The molecule has 0 spiro atoms. The molecule has 0 radical (unpaired) electrons. The van der Waals surface area contributed by atoms with E-state index in [1.807, 2.05) is 7.05 Å². The van der Waals surface area contributed by atoms with Gasteiger partial charge in [0, 0.05) is 6.54 Å². The molecule has 0 saturated carbocycles. The van der Waals surface area contributed by atoms with Crippen molar-refractivity contribution in [3.8, 4) is 0 Å². The standard InChI is InChI=1S/C16H25F2N/c1-4-6-10-16(5-2,12-19-3)11-13-8-7-9-14(17)15(13)18/h7-9,19H,4-6,10-12H2,1-3H3. The molecular formula is C16H25F2N. The average molecular weight is 269 g/mol. The van der Waals surface area contributed by atoms with Crippen molar-refractivity contribution in [2.24, 2.45) is 5.41 Å². The fourth-order valence-corrected chi connectivity index (χ4v) is 2.68. The number of halogens is 2. The van der Waals surface area contributed by atoms with Gasteiger partial charge in [-0.05, 0) is 43.4 Å². The van der Waals surface area contributed by atoms with E-state index in [0.29, 0.717) is 12.0 Å². The lowest BCUT2D eigenvalue weighted by Crippen LogP contribution is -2.34. The van der Waals surface area contributed by atoms with Crippen molar-refractivity contribution in [3.05, 3.63) is 35.4 Å². The first kappa shape index (κ1) is 16.1. The lowest BCUT2D eigenvalue weighted by atomic mass is 9.75. The Balaban J connectivity index is 2.95. The normalized spacial score (nSPS) is 14.4. The second-order valence-corrected chi connectivity index (χ2v) is 5.38. The van der Waals surface area contributed by atoms with Gasteiger partial charge in [-0.3, -0.25) is 0 Å². The van der Waals surface area contributed by atoms with Gasteiger partial charge in [-0.1, -0.05) is 38.8 Å². The van der Waals surface area contributed by atoms with Crippen LogP contribution < -0.4 is 5.32 Å². The molecular weight excluding hydrogens is 244 g/mol. The first-order chi connectivity index (χ1) is 9.08. The molecule has 1 aromatic rings. The molecule has 0 saturated heterocycles.